The van der Waals surface area contributed by atoms with Crippen LogP contribution in [0.3, 0.4) is 0 Å². The zero-order valence-electron chi connectivity index (χ0n) is 23.7. The molecule has 19 nitrogen and oxygen atoms in total. The fourth-order valence-electron chi connectivity index (χ4n) is 5.30. The number of rotatable bonds is 13. The molecule has 0 radical (unpaired) electrons. The lowest BCUT2D eigenvalue weighted by Gasteiger charge is -2.47. The van der Waals surface area contributed by atoms with Crippen LogP contribution in [-0.4, -0.2) is 208 Å². The van der Waals surface area contributed by atoms with E-state index in [1.54, 1.807) is 0 Å². The molecule has 15 N–H and O–H groups in total. The first-order valence-corrected chi connectivity index (χ1v) is 14.0. The minimum atomic E-state index is -1.98. The molecule has 44 heavy (non-hydrogen) atoms. The van der Waals surface area contributed by atoms with Crippen molar-refractivity contribution in [3.8, 4) is 0 Å². The summed E-state index contributed by atoms with van der Waals surface area (Å²) in [6, 6.07) is -2.17. The van der Waals surface area contributed by atoms with Crippen LogP contribution in [-0.2, 0) is 18.9 Å². The predicted octanol–water partition coefficient (Wildman–Crippen LogP) is -8.93. The van der Waals surface area contributed by atoms with E-state index in [1.807, 2.05) is 0 Å². The molecule has 2 fully saturated rings. The van der Waals surface area contributed by atoms with Crippen LogP contribution in [0, 0.1) is 0 Å². The van der Waals surface area contributed by atoms with Crippen LogP contribution < -0.4 is 5.32 Å². The van der Waals surface area contributed by atoms with Crippen molar-refractivity contribution in [3.63, 3.8) is 0 Å². The van der Waals surface area contributed by atoms with E-state index in [2.05, 4.69) is 5.32 Å². The van der Waals surface area contributed by atoms with Gasteiger partial charge < -0.3 is 95.8 Å². The van der Waals surface area contributed by atoms with Crippen LogP contribution in [0.2, 0.25) is 0 Å². The Morgan fingerprint density at radius 3 is 1.98 bits per heavy atom. The fourth-order valence-corrected chi connectivity index (χ4v) is 5.30. The van der Waals surface area contributed by atoms with E-state index >= 15 is 0 Å². The normalized spacial score (nSPS) is 44.5. The molecular weight excluding hydrogens is 602 g/mol. The minimum Gasteiger partial charge on any atom is -0.394 e. The van der Waals surface area contributed by atoms with E-state index in [0.717, 1.165) is 0 Å². The van der Waals surface area contributed by atoms with E-state index in [9.17, 15) is 66.4 Å². The Balaban J connectivity index is 1.63. The molecule has 1 aliphatic carbocycles. The maximum Gasteiger partial charge on any atom is 0.187 e. The van der Waals surface area contributed by atoms with Crippen molar-refractivity contribution < 1.29 is 90.4 Å². The lowest BCUT2D eigenvalue weighted by atomic mass is 9.86. The van der Waals surface area contributed by atoms with E-state index in [1.165, 1.54) is 13.0 Å². The van der Waals surface area contributed by atoms with Gasteiger partial charge in [0, 0.05) is 0 Å². The maximum absolute atomic E-state index is 10.9. The third kappa shape index (κ3) is 8.09. The van der Waals surface area contributed by atoms with E-state index in [4.69, 9.17) is 24.1 Å². The van der Waals surface area contributed by atoms with Crippen LogP contribution in [0.5, 0.6) is 0 Å². The summed E-state index contributed by atoms with van der Waals surface area (Å²) in [5, 5.41) is 144. The third-order valence-corrected chi connectivity index (χ3v) is 8.10. The highest BCUT2D eigenvalue weighted by atomic mass is 16.7. The summed E-state index contributed by atoms with van der Waals surface area (Å²) in [6.07, 6.45) is -25.5. The number of hydrogen-bond acceptors (Lipinski definition) is 19. The predicted molar refractivity (Wildman–Crippen MR) is 140 cm³/mol. The SMILES string of the molecule is CC1OC(OC2C(CO)OC(OCC(O)C(O)C(O)C(O)CO)C(O)C2O)C(O)C(O)C1NC1C=C(CO)C(O)C(O)C1O. The van der Waals surface area contributed by atoms with Gasteiger partial charge in [-0.1, -0.05) is 6.08 Å². The second-order valence-electron chi connectivity index (χ2n) is 11.2. The van der Waals surface area contributed by atoms with Gasteiger partial charge >= 0.3 is 0 Å². The molecule has 19 heteroatoms. The van der Waals surface area contributed by atoms with Gasteiger partial charge in [-0.15, -0.1) is 0 Å². The summed E-state index contributed by atoms with van der Waals surface area (Å²) >= 11 is 0. The van der Waals surface area contributed by atoms with E-state index in [-0.39, 0.29) is 5.57 Å². The third-order valence-electron chi connectivity index (χ3n) is 8.10. The molecule has 0 aromatic rings. The fraction of sp³-hybridized carbons (Fsp3) is 0.920. The van der Waals surface area contributed by atoms with Crippen molar-refractivity contribution in [2.75, 3.05) is 26.4 Å². The Hall–Kier alpha value is -1.02. The van der Waals surface area contributed by atoms with Crippen molar-refractivity contribution in [3.05, 3.63) is 11.6 Å². The Bertz CT molecular complexity index is 914. The van der Waals surface area contributed by atoms with Crippen LogP contribution in [0.1, 0.15) is 6.92 Å². The number of aliphatic hydroxyl groups excluding tert-OH is 14. The van der Waals surface area contributed by atoms with Gasteiger partial charge in [0.2, 0.25) is 0 Å². The number of hydrogen-bond donors (Lipinski definition) is 15. The van der Waals surface area contributed by atoms with Crippen molar-refractivity contribution in [2.45, 2.75) is 117 Å². The zero-order chi connectivity index (χ0) is 33.0. The van der Waals surface area contributed by atoms with E-state index in [0.29, 0.717) is 0 Å². The molecule has 2 saturated heterocycles. The lowest BCUT2D eigenvalue weighted by molar-refractivity contribution is -0.352. The summed E-state index contributed by atoms with van der Waals surface area (Å²) in [6.45, 7) is -1.67. The standard InChI is InChI=1S/C25H45NO18/c1-7-13(26-9-2-8(3-27)14(32)19(37)15(9)33)18(36)21(39)25(42-7)44-23-12(5-29)43-24(22(40)20(23)38)41-6-11(31)17(35)16(34)10(30)4-28/h2,7,9-40H,3-6H2,1H3. The smallest absolute Gasteiger partial charge is 0.187 e. The molecule has 18 unspecified atom stereocenters. The topological polar surface area (TPSA) is 332 Å². The highest BCUT2D eigenvalue weighted by molar-refractivity contribution is 5.22. The van der Waals surface area contributed by atoms with Gasteiger partial charge in [-0.25, -0.2) is 0 Å². The molecule has 2 aliphatic heterocycles. The van der Waals surface area contributed by atoms with Gasteiger partial charge in [-0.05, 0) is 12.5 Å². The molecule has 0 amide bonds. The number of aliphatic hydroxyl groups is 14. The minimum absolute atomic E-state index is 0.0203. The maximum atomic E-state index is 10.9. The molecule has 18 atom stereocenters. The summed E-state index contributed by atoms with van der Waals surface area (Å²) in [4.78, 5) is 0. The zero-order valence-corrected chi connectivity index (χ0v) is 23.7. The monoisotopic (exact) mass is 647 g/mol. The van der Waals surface area contributed by atoms with Gasteiger partial charge in [-0.2, -0.15) is 0 Å². The van der Waals surface area contributed by atoms with Gasteiger partial charge in [0.25, 0.3) is 0 Å². The lowest BCUT2D eigenvalue weighted by Crippen LogP contribution is -2.68. The Morgan fingerprint density at radius 1 is 0.773 bits per heavy atom. The Morgan fingerprint density at radius 2 is 1.39 bits per heavy atom. The van der Waals surface area contributed by atoms with Crippen molar-refractivity contribution in [2.24, 2.45) is 0 Å². The Labute approximate surface area is 251 Å². The molecule has 2 heterocycles. The molecule has 258 valence electrons. The molecule has 3 rings (SSSR count). The molecular formula is C25H45NO18. The summed E-state index contributed by atoms with van der Waals surface area (Å²) < 4.78 is 21.9. The van der Waals surface area contributed by atoms with Crippen molar-refractivity contribution in [1.29, 1.82) is 0 Å². The Kier molecular flexibility index (Phi) is 13.8. The van der Waals surface area contributed by atoms with Crippen molar-refractivity contribution >= 4 is 0 Å². The first-order valence-electron chi connectivity index (χ1n) is 14.0. The highest BCUT2D eigenvalue weighted by Gasteiger charge is 2.51. The number of ether oxygens (including phenoxy) is 4. The second-order valence-corrected chi connectivity index (χ2v) is 11.2. The molecule has 0 aromatic carbocycles. The average Bonchev–Trinajstić information content (AvgIpc) is 3.01. The second kappa shape index (κ2) is 16.2. The largest absolute Gasteiger partial charge is 0.394 e. The molecule has 0 bridgehead atoms. The number of nitrogens with one attached hydrogen (secondary N) is 1. The van der Waals surface area contributed by atoms with Gasteiger partial charge in [0.05, 0.1) is 44.6 Å². The van der Waals surface area contributed by atoms with Gasteiger partial charge in [0.1, 0.15) is 79.4 Å². The molecule has 0 saturated carbocycles. The highest BCUT2D eigenvalue weighted by Crippen LogP contribution is 2.30. The average molecular weight is 648 g/mol. The van der Waals surface area contributed by atoms with E-state index < -0.39 is 137 Å². The molecule has 0 aromatic heterocycles. The molecule has 0 spiro atoms. The first-order chi connectivity index (χ1) is 20.7. The van der Waals surface area contributed by atoms with Crippen molar-refractivity contribution in [1.82, 2.24) is 5.32 Å². The van der Waals surface area contributed by atoms with Gasteiger partial charge in [0.15, 0.2) is 12.6 Å². The summed E-state index contributed by atoms with van der Waals surface area (Å²) in [5.41, 5.74) is 0.0203. The van der Waals surface area contributed by atoms with Crippen LogP contribution in [0.4, 0.5) is 0 Å². The summed E-state index contributed by atoms with van der Waals surface area (Å²) in [7, 11) is 0. The van der Waals surface area contributed by atoms with Crippen LogP contribution >= 0.6 is 0 Å². The van der Waals surface area contributed by atoms with Crippen LogP contribution in [0.15, 0.2) is 11.6 Å². The first kappa shape index (κ1) is 37.4. The quantitative estimate of drug-likeness (QED) is 0.0825. The van der Waals surface area contributed by atoms with Crippen LogP contribution in [0.25, 0.3) is 0 Å². The summed E-state index contributed by atoms with van der Waals surface area (Å²) in [5.74, 6) is 0. The van der Waals surface area contributed by atoms with Gasteiger partial charge in [-0.3, -0.25) is 0 Å². The molecule has 3 aliphatic rings.